The van der Waals surface area contributed by atoms with Crippen LogP contribution in [0.25, 0.3) is 0 Å². The van der Waals surface area contributed by atoms with E-state index in [2.05, 4.69) is 33.5 Å². The van der Waals surface area contributed by atoms with E-state index in [4.69, 9.17) is 9.47 Å². The van der Waals surface area contributed by atoms with Gasteiger partial charge in [-0.3, -0.25) is 9.36 Å². The first-order valence-electron chi connectivity index (χ1n) is 8.42. The van der Waals surface area contributed by atoms with Gasteiger partial charge in [0.1, 0.15) is 6.61 Å². The summed E-state index contributed by atoms with van der Waals surface area (Å²) in [7, 11) is 0. The summed E-state index contributed by atoms with van der Waals surface area (Å²) in [4.78, 5) is 27.0. The molecule has 2 saturated heterocycles. The summed E-state index contributed by atoms with van der Waals surface area (Å²) < 4.78 is 12.3. The average Bonchev–Trinajstić information content (AvgIpc) is 3.19. The van der Waals surface area contributed by atoms with Gasteiger partial charge in [0.25, 0.3) is 0 Å². The molecular weight excluding hydrogens is 346 g/mol. The molecular formula is C15H23N5O4S. The topological polar surface area (TPSA) is 89.8 Å². The van der Waals surface area contributed by atoms with E-state index in [0.29, 0.717) is 30.8 Å². The van der Waals surface area contributed by atoms with E-state index in [0.717, 1.165) is 30.5 Å². The molecule has 2 amide bonds. The van der Waals surface area contributed by atoms with Crippen LogP contribution >= 0.6 is 11.8 Å². The van der Waals surface area contributed by atoms with Crippen LogP contribution in [-0.4, -0.2) is 76.9 Å². The molecule has 9 nitrogen and oxygen atoms in total. The lowest BCUT2D eigenvalue weighted by atomic mass is 10.2. The van der Waals surface area contributed by atoms with Gasteiger partial charge in [-0.25, -0.2) is 9.69 Å². The Morgan fingerprint density at radius 3 is 2.60 bits per heavy atom. The van der Waals surface area contributed by atoms with Crippen LogP contribution in [0, 0.1) is 5.92 Å². The van der Waals surface area contributed by atoms with Gasteiger partial charge in [0.15, 0.2) is 5.16 Å². The van der Waals surface area contributed by atoms with Gasteiger partial charge in [0, 0.05) is 19.6 Å². The number of rotatable bonds is 6. The zero-order valence-corrected chi connectivity index (χ0v) is 15.3. The molecule has 0 atom stereocenters. The molecule has 10 heteroatoms. The highest BCUT2D eigenvalue weighted by atomic mass is 32.2. The number of nitrogens with zero attached hydrogens (tertiary/aromatic N) is 5. The van der Waals surface area contributed by atoms with Crippen LogP contribution in [0.1, 0.15) is 13.8 Å². The maximum atomic E-state index is 12.2. The number of carbonyl (C=O) groups is 2. The Bertz CT molecular complexity index is 629. The Kier molecular flexibility index (Phi) is 5.79. The zero-order chi connectivity index (χ0) is 17.8. The molecule has 2 aliphatic rings. The first kappa shape index (κ1) is 18.0. The van der Waals surface area contributed by atoms with Gasteiger partial charge < -0.3 is 14.4 Å². The second-order valence-electron chi connectivity index (χ2n) is 6.33. The van der Waals surface area contributed by atoms with E-state index < -0.39 is 6.09 Å². The number of carbonyl (C=O) groups excluding carboxylic acids is 2. The number of hydrogen-bond acceptors (Lipinski definition) is 8. The van der Waals surface area contributed by atoms with Crippen molar-refractivity contribution in [3.05, 3.63) is 0 Å². The van der Waals surface area contributed by atoms with E-state index in [1.54, 1.807) is 0 Å². The van der Waals surface area contributed by atoms with Crippen LogP contribution in [0.2, 0.25) is 0 Å². The lowest BCUT2D eigenvalue weighted by Gasteiger charge is -2.28. The summed E-state index contributed by atoms with van der Waals surface area (Å²) in [5.41, 5.74) is 0. The molecule has 2 aliphatic heterocycles. The first-order chi connectivity index (χ1) is 12.1. The summed E-state index contributed by atoms with van der Waals surface area (Å²) >= 11 is 1.30. The van der Waals surface area contributed by atoms with Gasteiger partial charge >= 0.3 is 6.09 Å². The lowest BCUT2D eigenvalue weighted by Crippen LogP contribution is -2.38. The minimum absolute atomic E-state index is 0.133. The number of thioether (sulfide) groups is 1. The predicted octanol–water partition coefficient (Wildman–Crippen LogP) is 0.842. The summed E-state index contributed by atoms with van der Waals surface area (Å²) in [6, 6.07) is 0. The Morgan fingerprint density at radius 1 is 1.20 bits per heavy atom. The molecule has 25 heavy (non-hydrogen) atoms. The molecule has 1 aromatic rings. The van der Waals surface area contributed by atoms with E-state index in [1.165, 1.54) is 11.8 Å². The second-order valence-corrected chi connectivity index (χ2v) is 7.28. The Hall–Kier alpha value is -1.81. The van der Waals surface area contributed by atoms with Gasteiger partial charge in [0.05, 0.1) is 25.5 Å². The van der Waals surface area contributed by atoms with Crippen LogP contribution in [0.15, 0.2) is 5.16 Å². The fourth-order valence-electron chi connectivity index (χ4n) is 2.73. The zero-order valence-electron chi connectivity index (χ0n) is 14.5. The van der Waals surface area contributed by atoms with Gasteiger partial charge in [-0.2, -0.15) is 0 Å². The largest absolute Gasteiger partial charge is 0.447 e. The first-order valence-corrected chi connectivity index (χ1v) is 9.40. The van der Waals surface area contributed by atoms with Crippen molar-refractivity contribution in [3.8, 4) is 0 Å². The highest BCUT2D eigenvalue weighted by molar-refractivity contribution is 7.99. The molecule has 0 radical (unpaired) electrons. The molecule has 138 valence electrons. The summed E-state index contributed by atoms with van der Waals surface area (Å²) in [6.07, 6.45) is -0.566. The quantitative estimate of drug-likeness (QED) is 0.682. The number of amides is 2. The van der Waals surface area contributed by atoms with Gasteiger partial charge in [-0.1, -0.05) is 25.6 Å². The number of ether oxygens (including phenoxy) is 2. The Labute approximate surface area is 150 Å². The minimum atomic E-state index is -0.566. The third kappa shape index (κ3) is 4.24. The molecule has 0 spiro atoms. The summed E-state index contributed by atoms with van der Waals surface area (Å²) in [5, 5.41) is 9.29. The van der Waals surface area contributed by atoms with Crippen molar-refractivity contribution in [1.82, 2.24) is 19.7 Å². The summed E-state index contributed by atoms with van der Waals surface area (Å²) in [5.74, 6) is 1.10. The second kappa shape index (κ2) is 8.05. The number of hydrogen-bond donors (Lipinski definition) is 0. The molecule has 3 heterocycles. The Balaban J connectivity index is 1.70. The number of anilines is 1. The Morgan fingerprint density at radius 2 is 1.96 bits per heavy atom. The maximum Gasteiger partial charge on any atom is 0.416 e. The minimum Gasteiger partial charge on any atom is -0.447 e. The number of cyclic esters (lactones) is 1. The van der Waals surface area contributed by atoms with E-state index in [-0.39, 0.29) is 18.3 Å². The fourth-order valence-corrected chi connectivity index (χ4v) is 3.55. The number of aromatic nitrogens is 3. The van der Waals surface area contributed by atoms with Crippen LogP contribution in [-0.2, 0) is 20.8 Å². The maximum absolute atomic E-state index is 12.2. The highest BCUT2D eigenvalue weighted by Crippen LogP contribution is 2.24. The van der Waals surface area contributed by atoms with Crippen molar-refractivity contribution in [1.29, 1.82) is 0 Å². The van der Waals surface area contributed by atoms with Gasteiger partial charge in [0.2, 0.25) is 11.9 Å². The molecule has 0 aliphatic carbocycles. The van der Waals surface area contributed by atoms with Crippen molar-refractivity contribution in [2.24, 2.45) is 5.92 Å². The number of morpholine rings is 1. The third-order valence-corrected chi connectivity index (χ3v) is 4.88. The van der Waals surface area contributed by atoms with Crippen molar-refractivity contribution in [3.63, 3.8) is 0 Å². The molecule has 0 N–H and O–H groups in total. The van der Waals surface area contributed by atoms with Crippen molar-refractivity contribution in [2.45, 2.75) is 25.5 Å². The smallest absolute Gasteiger partial charge is 0.416 e. The number of imide groups is 1. The predicted molar refractivity (Wildman–Crippen MR) is 91.7 cm³/mol. The van der Waals surface area contributed by atoms with Crippen molar-refractivity contribution < 1.29 is 19.1 Å². The van der Waals surface area contributed by atoms with E-state index >= 15 is 0 Å². The standard InChI is InChI=1S/C15H23N5O4S/c1-11(2)9-20-13(18-3-6-23-7-4-18)16-17-14(20)25-10-12(21)19-5-8-24-15(19)22/h11H,3-10H2,1-2H3. The lowest BCUT2D eigenvalue weighted by molar-refractivity contribution is -0.125. The molecule has 1 aromatic heterocycles. The molecule has 0 saturated carbocycles. The van der Waals surface area contributed by atoms with Gasteiger partial charge in [-0.05, 0) is 5.92 Å². The van der Waals surface area contributed by atoms with E-state index in [1.807, 2.05) is 0 Å². The van der Waals surface area contributed by atoms with Gasteiger partial charge in [-0.15, -0.1) is 10.2 Å². The molecule has 0 aromatic carbocycles. The van der Waals surface area contributed by atoms with Crippen LogP contribution < -0.4 is 4.90 Å². The van der Waals surface area contributed by atoms with Crippen molar-refractivity contribution >= 4 is 29.7 Å². The SMILES string of the molecule is CC(C)Cn1c(SCC(=O)N2CCOC2=O)nnc1N1CCOCC1. The third-order valence-electron chi connectivity index (χ3n) is 3.93. The average molecular weight is 369 g/mol. The molecule has 0 unspecified atom stereocenters. The normalized spacial score (nSPS) is 18.1. The van der Waals surface area contributed by atoms with E-state index in [9.17, 15) is 9.59 Å². The van der Waals surface area contributed by atoms with Crippen LogP contribution in [0.5, 0.6) is 0 Å². The molecule has 0 bridgehead atoms. The molecule has 2 fully saturated rings. The molecule has 3 rings (SSSR count). The summed E-state index contributed by atoms with van der Waals surface area (Å²) in [6.45, 7) is 8.50. The highest BCUT2D eigenvalue weighted by Gasteiger charge is 2.29. The van der Waals surface area contributed by atoms with Crippen LogP contribution in [0.3, 0.4) is 0 Å². The van der Waals surface area contributed by atoms with Crippen LogP contribution in [0.4, 0.5) is 10.7 Å². The monoisotopic (exact) mass is 369 g/mol. The van der Waals surface area contributed by atoms with Crippen molar-refractivity contribution in [2.75, 3.05) is 50.1 Å². The fraction of sp³-hybridized carbons (Fsp3) is 0.733.